The number of nitriles is 1. The summed E-state index contributed by atoms with van der Waals surface area (Å²) in [5.41, 5.74) is 5.32. The first-order valence-corrected chi connectivity index (χ1v) is 5.48. The first-order chi connectivity index (χ1) is 7.06. The zero-order valence-corrected chi connectivity index (χ0v) is 9.44. The topological polar surface area (TPSA) is 70.1 Å². The number of carbonyl (C=O) groups excluding carboxylic acids is 1. The molecular formula is C11H19N3O. The van der Waals surface area contributed by atoms with Crippen LogP contribution in [-0.2, 0) is 4.79 Å². The van der Waals surface area contributed by atoms with Crippen molar-refractivity contribution in [2.45, 2.75) is 45.2 Å². The first-order valence-electron chi connectivity index (χ1n) is 5.48. The van der Waals surface area contributed by atoms with Crippen molar-refractivity contribution in [1.29, 1.82) is 5.26 Å². The molecule has 4 heteroatoms. The molecule has 1 amide bonds. The van der Waals surface area contributed by atoms with E-state index in [0.29, 0.717) is 19.0 Å². The average Bonchev–Trinajstić information content (AvgIpc) is 2.18. The van der Waals surface area contributed by atoms with Gasteiger partial charge in [-0.2, -0.15) is 5.26 Å². The number of primary amides is 1. The number of hydrogen-bond acceptors (Lipinski definition) is 3. The van der Waals surface area contributed by atoms with Crippen molar-refractivity contribution in [3.8, 4) is 6.07 Å². The van der Waals surface area contributed by atoms with E-state index in [4.69, 9.17) is 11.0 Å². The van der Waals surface area contributed by atoms with Crippen molar-refractivity contribution >= 4 is 5.91 Å². The summed E-state index contributed by atoms with van der Waals surface area (Å²) in [6.07, 6.45) is 2.38. The molecule has 0 aromatic carbocycles. The van der Waals surface area contributed by atoms with Gasteiger partial charge in [-0.05, 0) is 26.7 Å². The number of rotatable bonds is 3. The van der Waals surface area contributed by atoms with E-state index in [1.807, 2.05) is 6.92 Å². The summed E-state index contributed by atoms with van der Waals surface area (Å²) in [4.78, 5) is 13.3. The van der Waals surface area contributed by atoms with Crippen LogP contribution in [0.3, 0.4) is 0 Å². The van der Waals surface area contributed by atoms with E-state index in [1.165, 1.54) is 0 Å². The van der Waals surface area contributed by atoms with E-state index >= 15 is 0 Å². The molecule has 0 bridgehead atoms. The smallest absolute Gasteiger partial charge is 0.221 e. The van der Waals surface area contributed by atoms with Crippen LogP contribution in [-0.4, -0.2) is 29.4 Å². The SMILES string of the molecule is CC(CC#N)N1CC(C(N)=O)CCC1C. The van der Waals surface area contributed by atoms with Crippen LogP contribution < -0.4 is 5.73 Å². The molecule has 4 nitrogen and oxygen atoms in total. The van der Waals surface area contributed by atoms with Crippen LogP contribution in [0.25, 0.3) is 0 Å². The lowest BCUT2D eigenvalue weighted by atomic mass is 9.91. The lowest BCUT2D eigenvalue weighted by Gasteiger charge is -2.40. The zero-order valence-electron chi connectivity index (χ0n) is 9.44. The van der Waals surface area contributed by atoms with Gasteiger partial charge >= 0.3 is 0 Å². The molecule has 0 spiro atoms. The Hall–Kier alpha value is -1.08. The number of carbonyl (C=O) groups is 1. The van der Waals surface area contributed by atoms with Crippen LogP contribution in [0.5, 0.6) is 0 Å². The quantitative estimate of drug-likeness (QED) is 0.750. The minimum atomic E-state index is -0.212. The van der Waals surface area contributed by atoms with Gasteiger partial charge in [-0.15, -0.1) is 0 Å². The van der Waals surface area contributed by atoms with E-state index in [1.54, 1.807) is 0 Å². The van der Waals surface area contributed by atoms with Gasteiger partial charge < -0.3 is 5.73 Å². The third-order valence-corrected chi connectivity index (χ3v) is 3.29. The number of likely N-dealkylation sites (tertiary alicyclic amines) is 1. The standard InChI is InChI=1S/C11H19N3O/c1-8-3-4-10(11(13)15)7-14(8)9(2)5-6-12/h8-10H,3-5,7H2,1-2H3,(H2,13,15). The summed E-state index contributed by atoms with van der Waals surface area (Å²) < 4.78 is 0. The Balaban J connectivity index is 2.61. The first kappa shape index (κ1) is 12.0. The number of piperidine rings is 1. The molecule has 1 rings (SSSR count). The number of amides is 1. The zero-order chi connectivity index (χ0) is 11.4. The summed E-state index contributed by atoms with van der Waals surface area (Å²) in [5.74, 6) is -0.251. The minimum absolute atomic E-state index is 0.0395. The fourth-order valence-electron chi connectivity index (χ4n) is 2.23. The summed E-state index contributed by atoms with van der Waals surface area (Å²) in [6, 6.07) is 2.83. The molecule has 84 valence electrons. The van der Waals surface area contributed by atoms with Crippen LogP contribution >= 0.6 is 0 Å². The van der Waals surface area contributed by atoms with E-state index in [9.17, 15) is 4.79 Å². The number of nitrogens with zero attached hydrogens (tertiary/aromatic N) is 2. The third-order valence-electron chi connectivity index (χ3n) is 3.29. The van der Waals surface area contributed by atoms with E-state index < -0.39 is 0 Å². The summed E-state index contributed by atoms with van der Waals surface area (Å²) in [7, 11) is 0. The maximum absolute atomic E-state index is 11.1. The van der Waals surface area contributed by atoms with E-state index in [0.717, 1.165) is 12.8 Å². The molecule has 2 N–H and O–H groups in total. The van der Waals surface area contributed by atoms with Crippen molar-refractivity contribution in [2.75, 3.05) is 6.54 Å². The molecule has 0 aromatic heterocycles. The molecule has 0 saturated carbocycles. The summed E-state index contributed by atoms with van der Waals surface area (Å²) >= 11 is 0. The molecule has 0 radical (unpaired) electrons. The van der Waals surface area contributed by atoms with Crippen molar-refractivity contribution in [3.05, 3.63) is 0 Å². The number of hydrogen-bond donors (Lipinski definition) is 1. The molecule has 3 unspecified atom stereocenters. The maximum atomic E-state index is 11.1. The number of nitrogens with two attached hydrogens (primary N) is 1. The molecule has 0 aliphatic carbocycles. The Labute approximate surface area is 91.0 Å². The van der Waals surface area contributed by atoms with Gasteiger partial charge in [0, 0.05) is 18.6 Å². The maximum Gasteiger partial charge on any atom is 0.221 e. The Morgan fingerprint density at radius 2 is 2.33 bits per heavy atom. The molecule has 15 heavy (non-hydrogen) atoms. The van der Waals surface area contributed by atoms with Crippen LogP contribution in [0.4, 0.5) is 0 Å². The van der Waals surface area contributed by atoms with Crippen LogP contribution in [0.1, 0.15) is 33.1 Å². The van der Waals surface area contributed by atoms with Gasteiger partial charge in [0.1, 0.15) is 0 Å². The van der Waals surface area contributed by atoms with Crippen molar-refractivity contribution in [1.82, 2.24) is 4.90 Å². The third kappa shape index (κ3) is 2.93. The molecule has 1 heterocycles. The largest absolute Gasteiger partial charge is 0.369 e. The molecule has 1 saturated heterocycles. The lowest BCUT2D eigenvalue weighted by Crippen LogP contribution is -2.49. The highest BCUT2D eigenvalue weighted by molar-refractivity contribution is 5.77. The Morgan fingerprint density at radius 1 is 1.67 bits per heavy atom. The van der Waals surface area contributed by atoms with E-state index in [-0.39, 0.29) is 17.9 Å². The van der Waals surface area contributed by atoms with Gasteiger partial charge in [0.15, 0.2) is 0 Å². The average molecular weight is 209 g/mol. The summed E-state index contributed by atoms with van der Waals surface area (Å²) in [5, 5.41) is 8.66. The molecule has 0 aromatic rings. The molecular weight excluding hydrogens is 190 g/mol. The Bertz CT molecular complexity index is 271. The van der Waals surface area contributed by atoms with Gasteiger partial charge in [-0.25, -0.2) is 0 Å². The summed E-state index contributed by atoms with van der Waals surface area (Å²) in [6.45, 7) is 4.88. The van der Waals surface area contributed by atoms with Gasteiger partial charge in [-0.3, -0.25) is 9.69 Å². The molecule has 1 aliphatic heterocycles. The van der Waals surface area contributed by atoms with Gasteiger partial charge in [0.05, 0.1) is 18.4 Å². The predicted molar refractivity (Wildman–Crippen MR) is 57.8 cm³/mol. The Kier molecular flexibility index (Phi) is 4.10. The second kappa shape index (κ2) is 5.13. The fraction of sp³-hybridized carbons (Fsp3) is 0.818. The van der Waals surface area contributed by atoms with Crippen LogP contribution in [0, 0.1) is 17.2 Å². The van der Waals surface area contributed by atoms with Crippen molar-refractivity contribution in [3.63, 3.8) is 0 Å². The van der Waals surface area contributed by atoms with Crippen LogP contribution in [0.15, 0.2) is 0 Å². The van der Waals surface area contributed by atoms with Crippen molar-refractivity contribution in [2.24, 2.45) is 11.7 Å². The van der Waals surface area contributed by atoms with Crippen molar-refractivity contribution < 1.29 is 4.79 Å². The second-order valence-electron chi connectivity index (χ2n) is 4.43. The van der Waals surface area contributed by atoms with Gasteiger partial charge in [-0.1, -0.05) is 0 Å². The monoisotopic (exact) mass is 209 g/mol. The molecule has 1 fully saturated rings. The van der Waals surface area contributed by atoms with Crippen LogP contribution in [0.2, 0.25) is 0 Å². The predicted octanol–water partition coefficient (Wildman–Crippen LogP) is 0.874. The lowest BCUT2D eigenvalue weighted by molar-refractivity contribution is -0.124. The highest BCUT2D eigenvalue weighted by Gasteiger charge is 2.30. The molecule has 1 aliphatic rings. The highest BCUT2D eigenvalue weighted by atomic mass is 16.1. The molecule has 3 atom stereocenters. The van der Waals surface area contributed by atoms with Gasteiger partial charge in [0.25, 0.3) is 0 Å². The Morgan fingerprint density at radius 3 is 2.87 bits per heavy atom. The fourth-order valence-corrected chi connectivity index (χ4v) is 2.23. The van der Waals surface area contributed by atoms with Gasteiger partial charge in [0.2, 0.25) is 5.91 Å². The normalized spacial score (nSPS) is 29.4. The highest BCUT2D eigenvalue weighted by Crippen LogP contribution is 2.24. The van der Waals surface area contributed by atoms with E-state index in [2.05, 4.69) is 17.9 Å². The second-order valence-corrected chi connectivity index (χ2v) is 4.43. The minimum Gasteiger partial charge on any atom is -0.369 e.